The molecule has 0 atom stereocenters. The molecule has 5 heteroatoms. The Morgan fingerprint density at radius 2 is 1.85 bits per heavy atom. The van der Waals surface area contributed by atoms with Crippen LogP contribution in [0.5, 0.6) is 5.75 Å². The van der Waals surface area contributed by atoms with Gasteiger partial charge in [0.2, 0.25) is 0 Å². The molecular weight excluding hydrogens is 343 g/mol. The number of carbonyl (C=O) groups is 1. The summed E-state index contributed by atoms with van der Waals surface area (Å²) in [5.74, 6) is -1.33. The van der Waals surface area contributed by atoms with E-state index in [1.165, 1.54) is 50.7 Å². The Bertz CT molecular complexity index is 782. The summed E-state index contributed by atoms with van der Waals surface area (Å²) >= 11 is 0. The summed E-state index contributed by atoms with van der Waals surface area (Å²) in [5.41, 5.74) is 1.16. The van der Waals surface area contributed by atoms with Gasteiger partial charge in [-0.1, -0.05) is 51.5 Å². The maximum absolute atomic E-state index is 13.6. The van der Waals surface area contributed by atoms with Crippen molar-refractivity contribution in [3.8, 4) is 11.8 Å². The highest BCUT2D eigenvalue weighted by atomic mass is 19.1. The molecule has 1 aromatic carbocycles. The molecule has 1 heterocycles. The number of nitrogens with zero attached hydrogens (tertiary/aromatic N) is 2. The Kier molecular flexibility index (Phi) is 8.44. The Morgan fingerprint density at radius 1 is 1.11 bits per heavy atom. The number of hydrogen-bond acceptors (Lipinski definition) is 4. The first kappa shape index (κ1) is 20.6. The number of carbonyl (C=O) groups excluding carboxylic acids is 1. The predicted molar refractivity (Wildman–Crippen MR) is 102 cm³/mol. The van der Waals surface area contributed by atoms with E-state index in [-0.39, 0.29) is 17.0 Å². The molecule has 0 spiro atoms. The molecule has 0 N–H and O–H groups in total. The van der Waals surface area contributed by atoms with Crippen molar-refractivity contribution in [2.75, 3.05) is 0 Å². The van der Waals surface area contributed by atoms with Crippen LogP contribution >= 0.6 is 0 Å². The van der Waals surface area contributed by atoms with E-state index in [1.54, 1.807) is 18.3 Å². The number of hydrogen-bond donors (Lipinski definition) is 0. The van der Waals surface area contributed by atoms with Gasteiger partial charge in [-0.2, -0.15) is 5.26 Å². The molecular formula is C22H25FN2O2. The molecule has 27 heavy (non-hydrogen) atoms. The number of esters is 1. The van der Waals surface area contributed by atoms with Crippen molar-refractivity contribution in [1.29, 1.82) is 5.26 Å². The summed E-state index contributed by atoms with van der Waals surface area (Å²) in [6.07, 6.45) is 11.4. The van der Waals surface area contributed by atoms with E-state index in [2.05, 4.69) is 11.9 Å². The second-order valence-electron chi connectivity index (χ2n) is 6.57. The van der Waals surface area contributed by atoms with E-state index in [1.807, 2.05) is 6.07 Å². The lowest BCUT2D eigenvalue weighted by molar-refractivity contribution is 0.0728. The van der Waals surface area contributed by atoms with Crippen molar-refractivity contribution in [3.63, 3.8) is 0 Å². The average Bonchev–Trinajstić information content (AvgIpc) is 2.68. The molecule has 0 unspecified atom stereocenters. The fraction of sp³-hybridized carbons (Fsp3) is 0.409. The Labute approximate surface area is 160 Å². The lowest BCUT2D eigenvalue weighted by Gasteiger charge is -2.06. The monoisotopic (exact) mass is 368 g/mol. The van der Waals surface area contributed by atoms with E-state index in [9.17, 15) is 9.18 Å². The number of rotatable bonds is 10. The number of aromatic nitrogens is 1. The normalized spacial score (nSPS) is 10.4. The number of aryl methyl sites for hydroxylation is 1. The highest BCUT2D eigenvalue weighted by Crippen LogP contribution is 2.17. The zero-order valence-electron chi connectivity index (χ0n) is 15.7. The summed E-state index contributed by atoms with van der Waals surface area (Å²) < 4.78 is 18.7. The lowest BCUT2D eigenvalue weighted by Crippen LogP contribution is -2.11. The van der Waals surface area contributed by atoms with E-state index in [0.29, 0.717) is 0 Å². The van der Waals surface area contributed by atoms with Crippen LogP contribution in [-0.4, -0.2) is 11.0 Å². The van der Waals surface area contributed by atoms with Gasteiger partial charge in [0.15, 0.2) is 0 Å². The van der Waals surface area contributed by atoms with Crippen LogP contribution in [0, 0.1) is 17.1 Å². The number of nitriles is 1. The molecule has 0 saturated carbocycles. The van der Waals surface area contributed by atoms with Crippen LogP contribution in [0.1, 0.15) is 73.5 Å². The fourth-order valence-corrected chi connectivity index (χ4v) is 2.79. The molecule has 0 radical (unpaired) electrons. The molecule has 0 fully saturated rings. The quantitative estimate of drug-likeness (QED) is 0.311. The van der Waals surface area contributed by atoms with Gasteiger partial charge in [-0.3, -0.25) is 0 Å². The zero-order valence-corrected chi connectivity index (χ0v) is 15.7. The number of ether oxygens (including phenoxy) is 1. The van der Waals surface area contributed by atoms with Crippen molar-refractivity contribution in [3.05, 3.63) is 59.2 Å². The second kappa shape index (κ2) is 11.1. The molecule has 0 aliphatic heterocycles. The van der Waals surface area contributed by atoms with Gasteiger partial charge >= 0.3 is 5.97 Å². The van der Waals surface area contributed by atoms with Crippen LogP contribution < -0.4 is 4.74 Å². The molecule has 4 nitrogen and oxygen atoms in total. The summed E-state index contributed by atoms with van der Waals surface area (Å²) in [5, 5.41) is 8.71. The standard InChI is InChI=1S/C22H25FN2O2/c1-2-3-4-5-6-7-8-9-17-10-13-21(25-16-17)22(26)27-19-12-11-18(15-24)20(23)14-19/h10-14,16H,2-9H2,1H3. The maximum atomic E-state index is 13.6. The Morgan fingerprint density at radius 3 is 2.48 bits per heavy atom. The summed E-state index contributed by atoms with van der Waals surface area (Å²) in [7, 11) is 0. The maximum Gasteiger partial charge on any atom is 0.362 e. The summed E-state index contributed by atoms with van der Waals surface area (Å²) in [6, 6.07) is 8.90. The molecule has 0 aliphatic rings. The molecule has 0 aliphatic carbocycles. The summed E-state index contributed by atoms with van der Waals surface area (Å²) in [4.78, 5) is 16.3. The minimum Gasteiger partial charge on any atom is -0.422 e. The number of pyridine rings is 1. The van der Waals surface area contributed by atoms with Crippen LogP contribution in [-0.2, 0) is 6.42 Å². The molecule has 0 bridgehead atoms. The molecule has 0 saturated heterocycles. The van der Waals surface area contributed by atoms with Gasteiger partial charge in [0.25, 0.3) is 0 Å². The largest absolute Gasteiger partial charge is 0.422 e. The third-order valence-corrected chi connectivity index (χ3v) is 4.37. The van der Waals surface area contributed by atoms with Gasteiger partial charge < -0.3 is 4.74 Å². The van der Waals surface area contributed by atoms with Crippen LogP contribution in [0.4, 0.5) is 4.39 Å². The van der Waals surface area contributed by atoms with Gasteiger partial charge in [-0.25, -0.2) is 14.2 Å². The highest BCUT2D eigenvalue weighted by Gasteiger charge is 2.12. The number of unbranched alkanes of at least 4 members (excludes halogenated alkanes) is 6. The second-order valence-corrected chi connectivity index (χ2v) is 6.57. The van der Waals surface area contributed by atoms with Crippen molar-refractivity contribution in [2.45, 2.75) is 58.3 Å². The van der Waals surface area contributed by atoms with Crippen molar-refractivity contribution in [2.24, 2.45) is 0 Å². The first-order chi connectivity index (χ1) is 13.1. The number of benzene rings is 1. The first-order valence-electron chi connectivity index (χ1n) is 9.50. The van der Waals surface area contributed by atoms with Crippen LogP contribution in [0.3, 0.4) is 0 Å². The van der Waals surface area contributed by atoms with Gasteiger partial charge in [-0.05, 0) is 36.6 Å². The Balaban J connectivity index is 1.79. The Hall–Kier alpha value is -2.74. The molecule has 142 valence electrons. The van der Waals surface area contributed by atoms with E-state index < -0.39 is 11.8 Å². The fourth-order valence-electron chi connectivity index (χ4n) is 2.79. The molecule has 2 rings (SSSR count). The molecule has 0 amide bonds. The van der Waals surface area contributed by atoms with Crippen molar-refractivity contribution in [1.82, 2.24) is 4.98 Å². The zero-order chi connectivity index (χ0) is 19.5. The SMILES string of the molecule is CCCCCCCCCc1ccc(C(=O)Oc2ccc(C#N)c(F)c2)nc1. The minimum absolute atomic E-state index is 0.0467. The van der Waals surface area contributed by atoms with Crippen LogP contribution in [0.2, 0.25) is 0 Å². The van der Waals surface area contributed by atoms with Crippen LogP contribution in [0.25, 0.3) is 0 Å². The van der Waals surface area contributed by atoms with E-state index in [4.69, 9.17) is 10.00 Å². The average molecular weight is 368 g/mol. The van der Waals surface area contributed by atoms with Gasteiger partial charge in [-0.15, -0.1) is 0 Å². The number of halogens is 1. The smallest absolute Gasteiger partial charge is 0.362 e. The van der Waals surface area contributed by atoms with Crippen LogP contribution in [0.15, 0.2) is 36.5 Å². The third-order valence-electron chi connectivity index (χ3n) is 4.37. The molecule has 2 aromatic rings. The topological polar surface area (TPSA) is 63.0 Å². The first-order valence-corrected chi connectivity index (χ1v) is 9.50. The van der Waals surface area contributed by atoms with Crippen molar-refractivity contribution < 1.29 is 13.9 Å². The molecule has 1 aromatic heterocycles. The third kappa shape index (κ3) is 6.82. The highest BCUT2D eigenvalue weighted by molar-refractivity contribution is 5.88. The summed E-state index contributed by atoms with van der Waals surface area (Å²) in [6.45, 7) is 2.22. The van der Waals surface area contributed by atoms with E-state index >= 15 is 0 Å². The van der Waals surface area contributed by atoms with Gasteiger partial charge in [0.05, 0.1) is 5.56 Å². The van der Waals surface area contributed by atoms with Crippen molar-refractivity contribution >= 4 is 5.97 Å². The van der Waals surface area contributed by atoms with E-state index in [0.717, 1.165) is 24.5 Å². The predicted octanol–water partition coefficient (Wildman–Crippen LogP) is 5.60. The van der Waals surface area contributed by atoms with Gasteiger partial charge in [0.1, 0.15) is 23.3 Å². The minimum atomic E-state index is -0.721. The van der Waals surface area contributed by atoms with Gasteiger partial charge in [0, 0.05) is 12.3 Å². The lowest BCUT2D eigenvalue weighted by atomic mass is 10.1.